The number of hydrogen-bond acceptors (Lipinski definition) is 4. The Hall–Kier alpha value is -3.10. The van der Waals surface area contributed by atoms with Gasteiger partial charge in [0.2, 0.25) is 5.78 Å². The average molecular weight is 324 g/mol. The van der Waals surface area contributed by atoms with E-state index in [0.717, 1.165) is 5.56 Å². The Labute approximate surface area is 136 Å². The van der Waals surface area contributed by atoms with E-state index < -0.39 is 5.78 Å². The first-order valence-corrected chi connectivity index (χ1v) is 7.06. The van der Waals surface area contributed by atoms with Gasteiger partial charge in [-0.3, -0.25) is 9.89 Å². The molecule has 0 radical (unpaired) electrons. The van der Waals surface area contributed by atoms with Crippen molar-refractivity contribution in [3.8, 4) is 17.3 Å². The first-order chi connectivity index (χ1) is 11.2. The van der Waals surface area contributed by atoms with E-state index >= 15 is 0 Å². The van der Waals surface area contributed by atoms with Gasteiger partial charge in [-0.05, 0) is 30.3 Å². The fraction of sp³-hybridized carbons (Fsp3) is 0. The molecule has 23 heavy (non-hydrogen) atoms. The van der Waals surface area contributed by atoms with Gasteiger partial charge >= 0.3 is 0 Å². The maximum atomic E-state index is 12.2. The Morgan fingerprint density at radius 2 is 2.09 bits per heavy atom. The number of nitrogens with zero attached hydrogens (tertiary/aromatic N) is 2. The molecular formula is C17H10ClN3O2. The van der Waals surface area contributed by atoms with Gasteiger partial charge in [-0.1, -0.05) is 23.7 Å². The number of hydrogen-bond donors (Lipinski definition) is 1. The molecule has 2 heterocycles. The minimum Gasteiger partial charge on any atom is -0.461 e. The zero-order valence-electron chi connectivity index (χ0n) is 11.8. The van der Waals surface area contributed by atoms with Crippen LogP contribution in [0.5, 0.6) is 0 Å². The lowest BCUT2D eigenvalue weighted by molar-refractivity contribution is 0.101. The molecule has 0 fully saturated rings. The third-order valence-corrected chi connectivity index (χ3v) is 3.46. The number of H-pyrrole nitrogens is 1. The number of nitrogens with one attached hydrogen (secondary N) is 1. The van der Waals surface area contributed by atoms with Crippen LogP contribution in [0.1, 0.15) is 16.1 Å². The van der Waals surface area contributed by atoms with Gasteiger partial charge in [-0.15, -0.1) is 0 Å². The maximum absolute atomic E-state index is 12.2. The minimum absolute atomic E-state index is 0.0310. The van der Waals surface area contributed by atoms with Crippen LogP contribution < -0.4 is 0 Å². The molecular weight excluding hydrogens is 314 g/mol. The summed E-state index contributed by atoms with van der Waals surface area (Å²) in [4.78, 5) is 12.2. The molecule has 0 spiro atoms. The van der Waals surface area contributed by atoms with Crippen LogP contribution in [0, 0.1) is 11.3 Å². The average Bonchev–Trinajstić information content (AvgIpc) is 3.24. The van der Waals surface area contributed by atoms with E-state index in [0.29, 0.717) is 16.3 Å². The highest BCUT2D eigenvalue weighted by molar-refractivity contribution is 6.30. The number of halogens is 1. The highest BCUT2D eigenvalue weighted by Crippen LogP contribution is 2.25. The Bertz CT molecular complexity index is 900. The second kappa shape index (κ2) is 6.34. The molecule has 0 bridgehead atoms. The Kier molecular flexibility index (Phi) is 4.09. The lowest BCUT2D eigenvalue weighted by Gasteiger charge is -2.01. The molecule has 2 aromatic heterocycles. The third-order valence-electron chi connectivity index (χ3n) is 3.21. The van der Waals surface area contributed by atoms with Crippen molar-refractivity contribution in [2.75, 3.05) is 0 Å². The summed E-state index contributed by atoms with van der Waals surface area (Å²) in [7, 11) is 0. The number of nitriles is 1. The molecule has 3 rings (SSSR count). The van der Waals surface area contributed by atoms with Crippen LogP contribution in [-0.4, -0.2) is 16.0 Å². The fourth-order valence-electron chi connectivity index (χ4n) is 2.10. The van der Waals surface area contributed by atoms with E-state index in [1.165, 1.54) is 18.4 Å². The fourth-order valence-corrected chi connectivity index (χ4v) is 2.22. The minimum atomic E-state index is -0.472. The quantitative estimate of drug-likeness (QED) is 0.445. The van der Waals surface area contributed by atoms with E-state index in [-0.39, 0.29) is 11.3 Å². The lowest BCUT2D eigenvalue weighted by atomic mass is 10.0. The SMILES string of the molecule is N#C/C(=C\c1cn[nH]c1-c1ccc(Cl)cc1)C(=O)c1ccco1. The standard InChI is InChI=1S/C17H10ClN3O2/c18-14-5-3-11(4-6-14)16-13(10-20-21-16)8-12(9-19)17(22)15-2-1-7-23-15/h1-8,10H,(H,20,21)/b12-8+. The molecule has 3 aromatic rings. The molecule has 5 nitrogen and oxygen atoms in total. The molecule has 1 N–H and O–H groups in total. The number of aromatic amines is 1. The zero-order valence-corrected chi connectivity index (χ0v) is 12.5. The number of Topliss-reactive ketones (excluding diaryl/α,β-unsaturated/α-hetero) is 1. The van der Waals surface area contributed by atoms with Crippen LogP contribution in [0.2, 0.25) is 5.02 Å². The Morgan fingerprint density at radius 1 is 1.30 bits per heavy atom. The van der Waals surface area contributed by atoms with Crippen molar-refractivity contribution in [2.24, 2.45) is 0 Å². The van der Waals surface area contributed by atoms with Crippen LogP contribution in [-0.2, 0) is 0 Å². The number of allylic oxidation sites excluding steroid dienone is 1. The third kappa shape index (κ3) is 3.07. The summed E-state index contributed by atoms with van der Waals surface area (Å²) in [5.41, 5.74) is 2.14. The number of aromatic nitrogens is 2. The van der Waals surface area contributed by atoms with E-state index in [1.54, 1.807) is 24.4 Å². The van der Waals surface area contributed by atoms with Crippen molar-refractivity contribution in [1.82, 2.24) is 10.2 Å². The van der Waals surface area contributed by atoms with Crippen LogP contribution >= 0.6 is 11.6 Å². The van der Waals surface area contributed by atoms with E-state index in [2.05, 4.69) is 10.2 Å². The van der Waals surface area contributed by atoms with Crippen LogP contribution in [0.4, 0.5) is 0 Å². The topological polar surface area (TPSA) is 82.7 Å². The summed E-state index contributed by atoms with van der Waals surface area (Å²) in [5.74, 6) is -0.352. The number of carbonyl (C=O) groups is 1. The molecule has 6 heteroatoms. The summed E-state index contributed by atoms with van der Waals surface area (Å²) in [6.07, 6.45) is 4.42. The number of carbonyl (C=O) groups excluding carboxylic acids is 1. The number of ketones is 1. The zero-order chi connectivity index (χ0) is 16.2. The smallest absolute Gasteiger partial charge is 0.238 e. The molecule has 0 saturated heterocycles. The van der Waals surface area contributed by atoms with Crippen molar-refractivity contribution in [1.29, 1.82) is 5.26 Å². The number of rotatable bonds is 4. The first kappa shape index (κ1) is 14.8. The van der Waals surface area contributed by atoms with Crippen LogP contribution in [0.15, 0.2) is 58.8 Å². The van der Waals surface area contributed by atoms with Gasteiger partial charge in [0.05, 0.1) is 18.2 Å². The van der Waals surface area contributed by atoms with Gasteiger partial charge < -0.3 is 4.42 Å². The normalized spacial score (nSPS) is 11.2. The molecule has 112 valence electrons. The Morgan fingerprint density at radius 3 is 2.74 bits per heavy atom. The molecule has 0 saturated carbocycles. The monoisotopic (exact) mass is 323 g/mol. The molecule has 1 aromatic carbocycles. The predicted octanol–water partition coefficient (Wildman–Crippen LogP) is 4.11. The van der Waals surface area contributed by atoms with E-state index in [4.69, 9.17) is 16.0 Å². The van der Waals surface area contributed by atoms with E-state index in [9.17, 15) is 10.1 Å². The second-order valence-corrected chi connectivity index (χ2v) is 5.12. The van der Waals surface area contributed by atoms with Gasteiger partial charge in [-0.2, -0.15) is 10.4 Å². The lowest BCUT2D eigenvalue weighted by Crippen LogP contribution is -2.00. The summed E-state index contributed by atoms with van der Waals surface area (Å²) in [6.45, 7) is 0. The van der Waals surface area contributed by atoms with Gasteiger partial charge in [0.25, 0.3) is 0 Å². The largest absolute Gasteiger partial charge is 0.461 e. The van der Waals surface area contributed by atoms with Gasteiger partial charge in [-0.25, -0.2) is 0 Å². The van der Waals surface area contributed by atoms with Crippen LogP contribution in [0.3, 0.4) is 0 Å². The summed E-state index contributed by atoms with van der Waals surface area (Å²) < 4.78 is 5.05. The van der Waals surface area contributed by atoms with Crippen molar-refractivity contribution in [3.05, 3.63) is 70.8 Å². The molecule has 0 amide bonds. The van der Waals surface area contributed by atoms with Crippen LogP contribution in [0.25, 0.3) is 17.3 Å². The highest BCUT2D eigenvalue weighted by Gasteiger charge is 2.16. The number of benzene rings is 1. The highest BCUT2D eigenvalue weighted by atomic mass is 35.5. The van der Waals surface area contributed by atoms with Crippen molar-refractivity contribution >= 4 is 23.5 Å². The molecule has 0 atom stereocenters. The van der Waals surface area contributed by atoms with Gasteiger partial charge in [0, 0.05) is 16.1 Å². The van der Waals surface area contributed by atoms with E-state index in [1.807, 2.05) is 18.2 Å². The van der Waals surface area contributed by atoms with Crippen molar-refractivity contribution in [2.45, 2.75) is 0 Å². The van der Waals surface area contributed by atoms with Gasteiger partial charge in [0.1, 0.15) is 11.6 Å². The summed E-state index contributed by atoms with van der Waals surface area (Å²) >= 11 is 5.88. The molecule has 0 aliphatic carbocycles. The second-order valence-electron chi connectivity index (χ2n) is 4.68. The van der Waals surface area contributed by atoms with Crippen molar-refractivity contribution in [3.63, 3.8) is 0 Å². The van der Waals surface area contributed by atoms with Crippen molar-refractivity contribution < 1.29 is 9.21 Å². The predicted molar refractivity (Wildman–Crippen MR) is 85.7 cm³/mol. The number of furan rings is 1. The Balaban J connectivity index is 1.99. The molecule has 0 aliphatic rings. The maximum Gasteiger partial charge on any atom is 0.238 e. The summed E-state index contributed by atoms with van der Waals surface area (Å²) in [6, 6.07) is 12.2. The summed E-state index contributed by atoms with van der Waals surface area (Å²) in [5, 5.41) is 16.7. The molecule has 0 aliphatic heterocycles. The van der Waals surface area contributed by atoms with Gasteiger partial charge in [0.15, 0.2) is 5.76 Å². The molecule has 0 unspecified atom stereocenters. The first-order valence-electron chi connectivity index (χ1n) is 6.68.